The van der Waals surface area contributed by atoms with Gasteiger partial charge in [0.05, 0.1) is 0 Å². The number of nitrogens with zero attached hydrogens (tertiary/aromatic N) is 8. The topological polar surface area (TPSA) is 108 Å². The predicted molar refractivity (Wildman–Crippen MR) is 414 cm³/mol. The Balaban J connectivity index is 0.000000240. The van der Waals surface area contributed by atoms with E-state index in [2.05, 4.69) is 246 Å². The quantitative estimate of drug-likeness (QED) is 0.177. The van der Waals surface area contributed by atoms with E-state index in [9.17, 15) is 9.59 Å². The number of hydrogen-bond acceptors (Lipinski definition) is 12. The Hall–Kier alpha value is -3.14. The summed E-state index contributed by atoms with van der Waals surface area (Å²) in [5.74, 6) is 2.06. The summed E-state index contributed by atoms with van der Waals surface area (Å²) in [6.07, 6.45) is 20.1. The molecule has 0 aromatic rings. The van der Waals surface area contributed by atoms with Gasteiger partial charge in [-0.2, -0.15) is 0 Å². The maximum atomic E-state index is 11.0. The van der Waals surface area contributed by atoms with Crippen LogP contribution in [-0.2, 0) is 9.59 Å². The van der Waals surface area contributed by atoms with Crippen LogP contribution in [0.3, 0.4) is 0 Å². The summed E-state index contributed by atoms with van der Waals surface area (Å²) in [5, 5.41) is 13.3. The van der Waals surface area contributed by atoms with Crippen LogP contribution >= 0.6 is 0 Å². The number of rotatable bonds is 9. The summed E-state index contributed by atoms with van der Waals surface area (Å²) in [7, 11) is 0. The van der Waals surface area contributed by atoms with Gasteiger partial charge in [0.25, 0.3) is 0 Å². The van der Waals surface area contributed by atoms with E-state index in [4.69, 9.17) is 0 Å². The molecule has 10 rings (SSSR count). The molecule has 14 heteroatoms. The molecule has 10 fully saturated rings. The van der Waals surface area contributed by atoms with E-state index in [1.54, 1.807) is 13.8 Å². The maximum Gasteiger partial charge on any atom is 0.217 e. The monoisotopic (exact) mass is 1340 g/mol. The van der Waals surface area contributed by atoms with Gasteiger partial charge in [0.1, 0.15) is 0 Å². The first-order valence-electron chi connectivity index (χ1n) is 38.8. The fourth-order valence-corrected chi connectivity index (χ4v) is 16.3. The Kier molecular flexibility index (Phi) is 32.5. The zero-order valence-corrected chi connectivity index (χ0v) is 67.9. The summed E-state index contributed by atoms with van der Waals surface area (Å²) in [4.78, 5) is 41.7. The minimum atomic E-state index is 0.101. The second-order valence-corrected chi connectivity index (χ2v) is 38.3. The van der Waals surface area contributed by atoms with Crippen LogP contribution < -0.4 is 21.3 Å². The van der Waals surface area contributed by atoms with Gasteiger partial charge in [0.2, 0.25) is 11.8 Å². The number of piperidine rings is 1. The third-order valence-corrected chi connectivity index (χ3v) is 22.2. The summed E-state index contributed by atoms with van der Waals surface area (Å²) in [6.45, 7) is 90.8. The van der Waals surface area contributed by atoms with Crippen LogP contribution in [0.2, 0.25) is 0 Å². The van der Waals surface area contributed by atoms with E-state index in [1.807, 2.05) is 0 Å². The maximum absolute atomic E-state index is 11.0. The molecule has 0 radical (unpaired) electrons. The number of allylic oxidation sites excluding steroid dienone is 4. The van der Waals surface area contributed by atoms with Crippen LogP contribution in [0.4, 0.5) is 0 Å². The highest BCUT2D eigenvalue weighted by atomic mass is 16.2. The lowest BCUT2D eigenvalue weighted by molar-refractivity contribution is -0.126. The van der Waals surface area contributed by atoms with Crippen LogP contribution in [0, 0.1) is 28.1 Å². The van der Waals surface area contributed by atoms with Crippen LogP contribution in [0.5, 0.6) is 0 Å². The molecule has 10 aliphatic rings. The molecule has 2 saturated carbocycles. The Bertz CT molecular complexity index is 2360. The van der Waals surface area contributed by atoms with Gasteiger partial charge in [0, 0.05) is 185 Å². The van der Waals surface area contributed by atoms with E-state index >= 15 is 0 Å². The Morgan fingerprint density at radius 2 is 0.927 bits per heavy atom. The van der Waals surface area contributed by atoms with Crippen molar-refractivity contribution in [1.82, 2.24) is 60.5 Å². The smallest absolute Gasteiger partial charge is 0.217 e. The second kappa shape index (κ2) is 36.6. The lowest BCUT2D eigenvalue weighted by Gasteiger charge is -2.61. The highest BCUT2D eigenvalue weighted by molar-refractivity contribution is 5.73. The number of nitrogens with one attached hydrogen (secondary N) is 4. The summed E-state index contributed by atoms with van der Waals surface area (Å²) >= 11 is 0. The Morgan fingerprint density at radius 1 is 0.500 bits per heavy atom. The number of likely N-dealkylation sites (tertiary alicyclic amines) is 6. The lowest BCUT2D eigenvalue weighted by Crippen LogP contribution is -2.67. The zero-order chi connectivity index (χ0) is 72.6. The van der Waals surface area contributed by atoms with Crippen LogP contribution in [-0.4, -0.2) is 214 Å². The average molecular weight is 1340 g/mol. The predicted octanol–water partition coefficient (Wildman–Crippen LogP) is 15.4. The van der Waals surface area contributed by atoms with E-state index in [0.29, 0.717) is 57.0 Å². The highest BCUT2D eigenvalue weighted by Gasteiger charge is 2.54. The Labute approximate surface area is 594 Å². The van der Waals surface area contributed by atoms with Gasteiger partial charge in [-0.05, 0) is 277 Å². The van der Waals surface area contributed by atoms with Crippen molar-refractivity contribution >= 4 is 11.8 Å². The average Bonchev–Trinajstić information content (AvgIpc) is 0.925. The molecule has 0 bridgehead atoms. The molecule has 14 nitrogen and oxygen atoms in total. The molecule has 0 aromatic carbocycles. The third kappa shape index (κ3) is 29.8. The fourth-order valence-electron chi connectivity index (χ4n) is 16.3. The Morgan fingerprint density at radius 3 is 1.31 bits per heavy atom. The van der Waals surface area contributed by atoms with Crippen molar-refractivity contribution in [2.45, 2.75) is 334 Å². The summed E-state index contributed by atoms with van der Waals surface area (Å²) < 4.78 is 0. The molecule has 2 amide bonds. The molecule has 8 aliphatic heterocycles. The van der Waals surface area contributed by atoms with Crippen molar-refractivity contribution in [2.24, 2.45) is 28.1 Å². The van der Waals surface area contributed by atoms with E-state index in [0.717, 1.165) is 43.8 Å². The largest absolute Gasteiger partial charge is 0.383 e. The van der Waals surface area contributed by atoms with E-state index in [-0.39, 0.29) is 22.9 Å². The van der Waals surface area contributed by atoms with Gasteiger partial charge in [-0.1, -0.05) is 54.0 Å². The molecule has 0 aromatic heterocycles. The molecule has 3 spiro atoms. The van der Waals surface area contributed by atoms with Crippen molar-refractivity contribution in [3.05, 3.63) is 49.1 Å². The first-order chi connectivity index (χ1) is 44.1. The number of hydrogen-bond donors (Lipinski definition) is 4. The van der Waals surface area contributed by atoms with Crippen molar-refractivity contribution in [3.63, 3.8) is 0 Å². The summed E-state index contributed by atoms with van der Waals surface area (Å²) in [6, 6.07) is 2.98. The first-order valence-corrected chi connectivity index (χ1v) is 38.8. The molecule has 96 heavy (non-hydrogen) atoms. The van der Waals surface area contributed by atoms with Gasteiger partial charge >= 0.3 is 0 Å². The molecular weight excluding hydrogens is 1180 g/mol. The van der Waals surface area contributed by atoms with Crippen molar-refractivity contribution < 1.29 is 9.59 Å². The fraction of sp³-hybridized carbons (Fsp3) is 0.878. The normalized spacial score (nSPS) is 24.5. The van der Waals surface area contributed by atoms with E-state index in [1.165, 1.54) is 204 Å². The molecule has 8 saturated heterocycles. The first kappa shape index (κ1) is 85.3. The molecule has 2 aliphatic carbocycles. The zero-order valence-electron chi connectivity index (χ0n) is 67.9. The van der Waals surface area contributed by atoms with Gasteiger partial charge in [-0.15, -0.1) is 0 Å². The van der Waals surface area contributed by atoms with Crippen molar-refractivity contribution in [1.29, 1.82) is 0 Å². The van der Waals surface area contributed by atoms with Crippen LogP contribution in [0.1, 0.15) is 276 Å². The minimum Gasteiger partial charge on any atom is -0.383 e. The standard InChI is InChI=1S/C15H30N2.C13H24N2.C12H24N2O.C12H22N2.C11H20N2O.C11H21N.C8H17N/c1-14(2)16-10-6-8-12-17(15(3,4)5)13-9-7-11-16;1-10(2)15-8-13(9-15)6-11(7-13)14-12(3,4)5;1-10(15)13-11-6-5-8-14(9-7-11)12(2,3)4;1-10(2)14-8-6-12(7-9-14)5-4-11(3)13-12;1-8(2)13-6-11(7-13)4-10(5-11)12-9(3)14;1-9(2)12-7-10(8-12)6-11(3,4)5;1-7-5-9(6-7)8(2,3)4/h1,6-13H2,2-5H3;11,14H,1,6-9H2,2-5H3;11H,5-9H2,1-4H3,(H,13,15);10,13H,3-9H2,1-2H3;8,10H,4-7H2,1-3H3,(H,12,14);10H,1,6-8H2,2-5H3;7H,5-6H2,1-4H3. The number of carbonyl (C=O) groups is 2. The molecule has 558 valence electrons. The number of carbonyl (C=O) groups excluding carboxylic acids is 2. The minimum absolute atomic E-state index is 0.101. The molecular formula is C82H158N12O2. The van der Waals surface area contributed by atoms with Crippen molar-refractivity contribution in [3.8, 4) is 0 Å². The van der Waals surface area contributed by atoms with Crippen LogP contribution in [0.25, 0.3) is 0 Å². The van der Waals surface area contributed by atoms with E-state index < -0.39 is 0 Å². The summed E-state index contributed by atoms with van der Waals surface area (Å²) in [5.41, 5.74) is 8.32. The third-order valence-electron chi connectivity index (χ3n) is 22.2. The van der Waals surface area contributed by atoms with Gasteiger partial charge in [-0.3, -0.25) is 29.2 Å². The lowest BCUT2D eigenvalue weighted by atomic mass is 9.60. The van der Waals surface area contributed by atoms with Gasteiger partial charge < -0.3 is 40.9 Å². The highest BCUT2D eigenvalue weighted by Crippen LogP contribution is 2.50. The molecule has 1 atom stereocenters. The van der Waals surface area contributed by atoms with Crippen LogP contribution in [0.15, 0.2) is 49.1 Å². The van der Waals surface area contributed by atoms with Gasteiger partial charge in [0.15, 0.2) is 0 Å². The molecule has 1 unspecified atom stereocenters. The van der Waals surface area contributed by atoms with Crippen molar-refractivity contribution in [2.75, 3.05) is 105 Å². The molecule has 8 heterocycles. The van der Waals surface area contributed by atoms with Gasteiger partial charge in [-0.25, -0.2) is 0 Å². The molecule has 4 N–H and O–H groups in total. The second-order valence-electron chi connectivity index (χ2n) is 38.3. The number of amides is 2. The SMILES string of the molecule is C=C(C)N1CC(CC(C)(C)C)C1.C=C(C)N1CC2(CC(NC(C)(C)C)C2)C1.C=C(C)N1CCCCN(C(C)(C)C)CCCC1.C=C1CCC2(CCN(C(C)C)CC2)N1.CC(=O)NC1CC2(C1)CN(C(C)C)C2.CC(=O)NC1CCCN(C(C)(C)C)CC1.CC1CN(C(C)(C)C)C1.